The molecule has 32 heavy (non-hydrogen) atoms. The van der Waals surface area contributed by atoms with Crippen molar-refractivity contribution in [3.8, 4) is 0 Å². The van der Waals surface area contributed by atoms with Crippen LogP contribution >= 0.6 is 11.3 Å². The first-order chi connectivity index (χ1) is 15.2. The Kier molecular flexibility index (Phi) is 7.83. The Morgan fingerprint density at radius 3 is 2.53 bits per heavy atom. The van der Waals surface area contributed by atoms with Gasteiger partial charge in [-0.15, -0.1) is 0 Å². The summed E-state index contributed by atoms with van der Waals surface area (Å²) in [6.45, 7) is 4.77. The zero-order valence-corrected chi connectivity index (χ0v) is 19.8. The predicted octanol–water partition coefficient (Wildman–Crippen LogP) is 1.43. The van der Waals surface area contributed by atoms with Crippen LogP contribution < -0.4 is 4.80 Å². The molecule has 1 fully saturated rings. The molecule has 174 valence electrons. The number of nitrogens with zero attached hydrogens (tertiary/aromatic N) is 3. The Bertz CT molecular complexity index is 1190. The Hall–Kier alpha value is -2.53. The molecule has 1 aliphatic heterocycles. The van der Waals surface area contributed by atoms with Gasteiger partial charge in [0.05, 0.1) is 16.8 Å². The smallest absolute Gasteiger partial charge is 0.326 e. The number of ether oxygens (including phenoxy) is 1. The average Bonchev–Trinajstić information content (AvgIpc) is 3.03. The van der Waals surface area contributed by atoms with Crippen molar-refractivity contribution in [2.45, 2.75) is 39.7 Å². The van der Waals surface area contributed by atoms with Crippen LogP contribution in [0.4, 0.5) is 0 Å². The molecule has 0 aliphatic carbocycles. The van der Waals surface area contributed by atoms with Crippen LogP contribution in [0.25, 0.3) is 10.2 Å². The lowest BCUT2D eigenvalue weighted by molar-refractivity contribution is -0.143. The monoisotopic (exact) mass is 481 g/mol. The SMILES string of the molecule is CCOC(=O)Cn1c(=NC(=O)CS(=O)(=O)CC(=O)N2CCCCC2)sc2cc(C)ccc21. The molecule has 1 aromatic carbocycles. The summed E-state index contributed by atoms with van der Waals surface area (Å²) in [5.41, 5.74) is 1.70. The first-order valence-corrected chi connectivity index (χ1v) is 13.1. The maximum Gasteiger partial charge on any atom is 0.326 e. The van der Waals surface area contributed by atoms with Crippen LogP contribution in [0.5, 0.6) is 0 Å². The van der Waals surface area contributed by atoms with Gasteiger partial charge in [0.1, 0.15) is 18.1 Å². The number of aryl methyl sites for hydroxylation is 1. The molecule has 0 atom stereocenters. The van der Waals surface area contributed by atoms with E-state index in [1.165, 1.54) is 16.2 Å². The number of hydrogen-bond acceptors (Lipinski definition) is 7. The van der Waals surface area contributed by atoms with Crippen molar-refractivity contribution >= 4 is 49.2 Å². The molecule has 1 aromatic heterocycles. The number of piperidine rings is 1. The van der Waals surface area contributed by atoms with E-state index in [0.29, 0.717) is 18.6 Å². The fourth-order valence-electron chi connectivity index (χ4n) is 3.56. The van der Waals surface area contributed by atoms with E-state index in [2.05, 4.69) is 4.99 Å². The van der Waals surface area contributed by atoms with Crippen LogP contribution in [0.2, 0.25) is 0 Å². The fourth-order valence-corrected chi connectivity index (χ4v) is 5.80. The average molecular weight is 482 g/mol. The normalized spacial score (nSPS) is 15.2. The summed E-state index contributed by atoms with van der Waals surface area (Å²) in [4.78, 5) is 42.6. The minimum Gasteiger partial charge on any atom is -0.465 e. The second kappa shape index (κ2) is 10.4. The third-order valence-corrected chi connectivity index (χ3v) is 7.46. The lowest BCUT2D eigenvalue weighted by Gasteiger charge is -2.26. The molecule has 1 saturated heterocycles. The summed E-state index contributed by atoms with van der Waals surface area (Å²) in [7, 11) is -3.96. The first kappa shape index (κ1) is 24.1. The maximum atomic E-state index is 12.5. The lowest BCUT2D eigenvalue weighted by Crippen LogP contribution is -2.40. The number of rotatable bonds is 7. The number of esters is 1. The number of hydrogen-bond donors (Lipinski definition) is 0. The van der Waals surface area contributed by atoms with E-state index >= 15 is 0 Å². The van der Waals surface area contributed by atoms with Gasteiger partial charge in [0.25, 0.3) is 5.91 Å². The number of amides is 2. The molecular weight excluding hydrogens is 454 g/mol. The summed E-state index contributed by atoms with van der Waals surface area (Å²) >= 11 is 1.19. The fraction of sp³-hybridized carbons (Fsp3) is 0.524. The molecule has 11 heteroatoms. The van der Waals surface area contributed by atoms with E-state index in [4.69, 9.17) is 4.74 Å². The number of sulfone groups is 1. The number of thiazole rings is 1. The number of benzene rings is 1. The number of fused-ring (bicyclic) bond motifs is 1. The largest absolute Gasteiger partial charge is 0.465 e. The van der Waals surface area contributed by atoms with E-state index in [-0.39, 0.29) is 18.0 Å². The van der Waals surface area contributed by atoms with E-state index in [9.17, 15) is 22.8 Å². The second-order valence-corrected chi connectivity index (χ2v) is 10.8. The van der Waals surface area contributed by atoms with E-state index in [1.54, 1.807) is 11.5 Å². The van der Waals surface area contributed by atoms with Crippen molar-refractivity contribution in [2.24, 2.45) is 4.99 Å². The minimum atomic E-state index is -3.96. The number of aromatic nitrogens is 1. The van der Waals surface area contributed by atoms with Crippen molar-refractivity contribution in [3.05, 3.63) is 28.6 Å². The van der Waals surface area contributed by atoms with E-state index in [0.717, 1.165) is 29.5 Å². The van der Waals surface area contributed by atoms with Gasteiger partial charge in [0, 0.05) is 13.1 Å². The van der Waals surface area contributed by atoms with Gasteiger partial charge in [0.2, 0.25) is 5.91 Å². The van der Waals surface area contributed by atoms with Gasteiger partial charge in [-0.05, 0) is 50.8 Å². The molecule has 2 amide bonds. The molecule has 0 unspecified atom stereocenters. The highest BCUT2D eigenvalue weighted by Gasteiger charge is 2.25. The van der Waals surface area contributed by atoms with Gasteiger partial charge >= 0.3 is 5.97 Å². The van der Waals surface area contributed by atoms with Gasteiger partial charge in [0.15, 0.2) is 14.6 Å². The topological polar surface area (TPSA) is 115 Å². The molecule has 2 heterocycles. The summed E-state index contributed by atoms with van der Waals surface area (Å²) in [6.07, 6.45) is 2.73. The van der Waals surface area contributed by atoms with Gasteiger partial charge < -0.3 is 14.2 Å². The molecule has 2 aromatic rings. The molecule has 3 rings (SSSR count). The lowest BCUT2D eigenvalue weighted by atomic mass is 10.1. The molecular formula is C21H27N3O6S2. The minimum absolute atomic E-state index is 0.150. The molecule has 0 N–H and O–H groups in total. The van der Waals surface area contributed by atoms with E-state index in [1.807, 2.05) is 25.1 Å². The Morgan fingerprint density at radius 1 is 1.12 bits per heavy atom. The predicted molar refractivity (Wildman–Crippen MR) is 121 cm³/mol. The van der Waals surface area contributed by atoms with Crippen LogP contribution in [0.15, 0.2) is 23.2 Å². The van der Waals surface area contributed by atoms with Crippen LogP contribution in [0.3, 0.4) is 0 Å². The van der Waals surface area contributed by atoms with Gasteiger partial charge in [-0.2, -0.15) is 4.99 Å². The maximum absolute atomic E-state index is 12.5. The number of carbonyl (C=O) groups excluding carboxylic acids is 3. The third kappa shape index (κ3) is 6.26. The van der Waals surface area contributed by atoms with Crippen molar-refractivity contribution in [1.82, 2.24) is 9.47 Å². The Labute approximate surface area is 190 Å². The highest BCUT2D eigenvalue weighted by Crippen LogP contribution is 2.19. The zero-order chi connectivity index (χ0) is 23.3. The molecule has 9 nitrogen and oxygen atoms in total. The Morgan fingerprint density at radius 2 is 1.84 bits per heavy atom. The molecule has 0 radical (unpaired) electrons. The van der Waals surface area contributed by atoms with Gasteiger partial charge in [-0.3, -0.25) is 14.4 Å². The first-order valence-electron chi connectivity index (χ1n) is 10.5. The van der Waals surface area contributed by atoms with Crippen molar-refractivity contribution in [2.75, 3.05) is 31.2 Å². The molecule has 0 bridgehead atoms. The third-order valence-electron chi connectivity index (χ3n) is 5.05. The molecule has 1 aliphatic rings. The highest BCUT2D eigenvalue weighted by atomic mass is 32.2. The van der Waals surface area contributed by atoms with Crippen molar-refractivity contribution < 1.29 is 27.5 Å². The van der Waals surface area contributed by atoms with Crippen LogP contribution in [0, 0.1) is 6.92 Å². The second-order valence-electron chi connectivity index (χ2n) is 7.73. The summed E-state index contributed by atoms with van der Waals surface area (Å²) < 4.78 is 32.2. The van der Waals surface area contributed by atoms with Crippen molar-refractivity contribution in [3.63, 3.8) is 0 Å². The van der Waals surface area contributed by atoms with Gasteiger partial charge in [-0.1, -0.05) is 17.4 Å². The summed E-state index contributed by atoms with van der Waals surface area (Å²) in [5.74, 6) is -3.41. The summed E-state index contributed by atoms with van der Waals surface area (Å²) in [5, 5.41) is 0. The molecule has 0 spiro atoms. The zero-order valence-electron chi connectivity index (χ0n) is 18.2. The van der Waals surface area contributed by atoms with Crippen molar-refractivity contribution in [1.29, 1.82) is 0 Å². The quantitative estimate of drug-likeness (QED) is 0.553. The van der Waals surface area contributed by atoms with Crippen LogP contribution in [0.1, 0.15) is 31.7 Å². The molecule has 0 saturated carbocycles. The Balaban J connectivity index is 1.82. The standard InChI is InChI=1S/C21H27N3O6S2/c1-3-30-20(27)12-24-16-8-7-15(2)11-17(16)31-21(24)22-18(25)13-32(28,29)14-19(26)23-9-5-4-6-10-23/h7-8,11H,3-6,9-10,12-14H2,1-2H3. The number of likely N-dealkylation sites (tertiary alicyclic amines) is 1. The summed E-state index contributed by atoms with van der Waals surface area (Å²) in [6, 6.07) is 5.59. The van der Waals surface area contributed by atoms with Crippen LogP contribution in [-0.2, 0) is 35.5 Å². The van der Waals surface area contributed by atoms with Crippen LogP contribution in [-0.4, -0.2) is 66.9 Å². The number of carbonyl (C=O) groups is 3. The highest BCUT2D eigenvalue weighted by molar-refractivity contribution is 7.92. The van der Waals surface area contributed by atoms with E-state index < -0.39 is 39.1 Å². The van der Waals surface area contributed by atoms with Gasteiger partial charge in [-0.25, -0.2) is 8.42 Å².